The second-order valence-electron chi connectivity index (χ2n) is 6.48. The summed E-state index contributed by atoms with van der Waals surface area (Å²) in [7, 11) is 0. The van der Waals surface area contributed by atoms with Crippen LogP contribution < -0.4 is 10.1 Å². The van der Waals surface area contributed by atoms with Crippen LogP contribution in [0.1, 0.15) is 24.5 Å². The van der Waals surface area contributed by atoms with Crippen molar-refractivity contribution >= 4 is 5.96 Å². The van der Waals surface area contributed by atoms with E-state index in [0.717, 1.165) is 42.3 Å². The monoisotopic (exact) mass is 353 g/mol. The SMILES string of the molecule is CCNC(=NCc1ccc(OCc2ccccc2)cc1)N1CC[C@@H](O)C1. The number of ether oxygens (including phenoxy) is 1. The highest BCUT2D eigenvalue weighted by atomic mass is 16.5. The fourth-order valence-electron chi connectivity index (χ4n) is 2.96. The third-order valence-corrected chi connectivity index (χ3v) is 4.38. The number of hydrogen-bond donors (Lipinski definition) is 2. The highest BCUT2D eigenvalue weighted by Crippen LogP contribution is 2.15. The number of benzene rings is 2. The quantitative estimate of drug-likeness (QED) is 0.619. The highest BCUT2D eigenvalue weighted by molar-refractivity contribution is 5.80. The van der Waals surface area contributed by atoms with E-state index in [1.165, 1.54) is 0 Å². The maximum atomic E-state index is 9.73. The van der Waals surface area contributed by atoms with Gasteiger partial charge in [-0.3, -0.25) is 0 Å². The molecule has 2 N–H and O–H groups in total. The van der Waals surface area contributed by atoms with Crippen LogP contribution >= 0.6 is 0 Å². The summed E-state index contributed by atoms with van der Waals surface area (Å²) in [5.74, 6) is 1.73. The Hall–Kier alpha value is -2.53. The Kier molecular flexibility index (Phi) is 6.50. The van der Waals surface area contributed by atoms with Gasteiger partial charge in [0.15, 0.2) is 5.96 Å². The number of nitrogens with one attached hydrogen (secondary N) is 1. The van der Waals surface area contributed by atoms with Crippen LogP contribution in [0.25, 0.3) is 0 Å². The number of aliphatic hydroxyl groups excluding tert-OH is 1. The molecular weight excluding hydrogens is 326 g/mol. The predicted octanol–water partition coefficient (Wildman–Crippen LogP) is 2.80. The molecule has 0 radical (unpaired) electrons. The molecule has 1 fully saturated rings. The van der Waals surface area contributed by atoms with Crippen LogP contribution in [0.5, 0.6) is 5.75 Å². The van der Waals surface area contributed by atoms with Gasteiger partial charge in [0, 0.05) is 19.6 Å². The summed E-state index contributed by atoms with van der Waals surface area (Å²) in [5, 5.41) is 13.0. The average molecular weight is 353 g/mol. The fraction of sp³-hybridized carbons (Fsp3) is 0.381. The van der Waals surface area contributed by atoms with Gasteiger partial charge in [-0.15, -0.1) is 0 Å². The van der Waals surface area contributed by atoms with E-state index in [2.05, 4.69) is 29.3 Å². The summed E-state index contributed by atoms with van der Waals surface area (Å²) in [6, 6.07) is 18.2. The van der Waals surface area contributed by atoms with Crippen molar-refractivity contribution < 1.29 is 9.84 Å². The van der Waals surface area contributed by atoms with E-state index in [0.29, 0.717) is 19.7 Å². The van der Waals surface area contributed by atoms with Crippen molar-refractivity contribution in [1.29, 1.82) is 0 Å². The van der Waals surface area contributed by atoms with E-state index < -0.39 is 0 Å². The number of nitrogens with zero attached hydrogens (tertiary/aromatic N) is 2. The Morgan fingerprint density at radius 1 is 1.15 bits per heavy atom. The van der Waals surface area contributed by atoms with Gasteiger partial charge < -0.3 is 20.1 Å². The molecule has 138 valence electrons. The number of guanidine groups is 1. The molecule has 5 heteroatoms. The Bertz CT molecular complexity index is 701. The third kappa shape index (κ3) is 5.23. The first-order valence-electron chi connectivity index (χ1n) is 9.21. The molecule has 1 aliphatic heterocycles. The van der Waals surface area contributed by atoms with Gasteiger partial charge in [0.05, 0.1) is 12.6 Å². The lowest BCUT2D eigenvalue weighted by Gasteiger charge is -2.20. The third-order valence-electron chi connectivity index (χ3n) is 4.38. The van der Waals surface area contributed by atoms with Crippen LogP contribution in [0.2, 0.25) is 0 Å². The molecule has 1 aliphatic rings. The molecule has 0 aliphatic carbocycles. The predicted molar refractivity (Wildman–Crippen MR) is 104 cm³/mol. The van der Waals surface area contributed by atoms with Gasteiger partial charge in [0.2, 0.25) is 0 Å². The van der Waals surface area contributed by atoms with Gasteiger partial charge in [-0.1, -0.05) is 42.5 Å². The minimum absolute atomic E-state index is 0.250. The van der Waals surface area contributed by atoms with Gasteiger partial charge in [0.25, 0.3) is 0 Å². The largest absolute Gasteiger partial charge is 0.489 e. The molecule has 3 rings (SSSR count). The van der Waals surface area contributed by atoms with E-state index in [-0.39, 0.29) is 6.10 Å². The zero-order valence-corrected chi connectivity index (χ0v) is 15.3. The molecule has 2 aromatic carbocycles. The van der Waals surface area contributed by atoms with E-state index in [1.54, 1.807) is 0 Å². The fourth-order valence-corrected chi connectivity index (χ4v) is 2.96. The normalized spacial score (nSPS) is 17.4. The molecule has 0 unspecified atom stereocenters. The van der Waals surface area contributed by atoms with Crippen molar-refractivity contribution in [3.63, 3.8) is 0 Å². The topological polar surface area (TPSA) is 57.1 Å². The molecule has 0 bridgehead atoms. The molecule has 1 saturated heterocycles. The van der Waals surface area contributed by atoms with Crippen molar-refractivity contribution in [3.8, 4) is 5.75 Å². The Morgan fingerprint density at radius 2 is 1.92 bits per heavy atom. The van der Waals surface area contributed by atoms with Crippen LogP contribution in [0, 0.1) is 0 Å². The second-order valence-corrected chi connectivity index (χ2v) is 6.48. The summed E-state index contributed by atoms with van der Waals surface area (Å²) in [4.78, 5) is 6.82. The molecular formula is C21H27N3O2. The van der Waals surface area contributed by atoms with Crippen molar-refractivity contribution in [2.45, 2.75) is 32.6 Å². The van der Waals surface area contributed by atoms with Gasteiger partial charge in [0.1, 0.15) is 12.4 Å². The number of aliphatic imine (C=N–C) groups is 1. The summed E-state index contributed by atoms with van der Waals surface area (Å²) in [6.45, 7) is 5.55. The molecule has 0 aromatic heterocycles. The van der Waals surface area contributed by atoms with E-state index in [1.807, 2.05) is 42.5 Å². The molecule has 26 heavy (non-hydrogen) atoms. The zero-order valence-electron chi connectivity index (χ0n) is 15.3. The maximum absolute atomic E-state index is 9.73. The summed E-state index contributed by atoms with van der Waals surface area (Å²) < 4.78 is 5.82. The lowest BCUT2D eigenvalue weighted by atomic mass is 10.2. The standard InChI is InChI=1S/C21H27N3O2/c1-2-22-21(24-13-12-19(25)15-24)23-14-17-8-10-20(11-9-17)26-16-18-6-4-3-5-7-18/h3-11,19,25H,2,12-16H2,1H3,(H,22,23)/t19-/m1/s1. The van der Waals surface area contributed by atoms with Gasteiger partial charge >= 0.3 is 0 Å². The zero-order chi connectivity index (χ0) is 18.2. The van der Waals surface area contributed by atoms with E-state index in [4.69, 9.17) is 9.73 Å². The lowest BCUT2D eigenvalue weighted by molar-refractivity contribution is 0.188. The molecule has 1 heterocycles. The maximum Gasteiger partial charge on any atom is 0.194 e. The highest BCUT2D eigenvalue weighted by Gasteiger charge is 2.22. The number of likely N-dealkylation sites (tertiary alicyclic amines) is 1. The minimum Gasteiger partial charge on any atom is -0.489 e. The van der Waals surface area contributed by atoms with Crippen LogP contribution in [-0.2, 0) is 13.2 Å². The van der Waals surface area contributed by atoms with Crippen LogP contribution in [0.4, 0.5) is 0 Å². The van der Waals surface area contributed by atoms with Gasteiger partial charge in [-0.2, -0.15) is 0 Å². The van der Waals surface area contributed by atoms with E-state index in [9.17, 15) is 5.11 Å². The molecule has 0 saturated carbocycles. The number of rotatable bonds is 6. The first-order valence-corrected chi connectivity index (χ1v) is 9.21. The van der Waals surface area contributed by atoms with Crippen LogP contribution in [0.3, 0.4) is 0 Å². The Labute approximate surface area is 155 Å². The molecule has 5 nitrogen and oxygen atoms in total. The second kappa shape index (κ2) is 9.25. The van der Waals surface area contributed by atoms with Gasteiger partial charge in [-0.05, 0) is 36.6 Å². The molecule has 0 spiro atoms. The molecule has 1 atom stereocenters. The first kappa shape index (κ1) is 18.3. The van der Waals surface area contributed by atoms with Crippen molar-refractivity contribution in [2.75, 3.05) is 19.6 Å². The molecule has 2 aromatic rings. The minimum atomic E-state index is -0.250. The average Bonchev–Trinajstić information content (AvgIpc) is 3.11. The Balaban J connectivity index is 1.55. The smallest absolute Gasteiger partial charge is 0.194 e. The number of hydrogen-bond acceptors (Lipinski definition) is 3. The lowest BCUT2D eigenvalue weighted by Crippen LogP contribution is -2.40. The first-order chi connectivity index (χ1) is 12.7. The number of β-amino-alcohol motifs (C(OH)–C–C–N with tert-alkyl or cyclic N) is 1. The van der Waals surface area contributed by atoms with Crippen LogP contribution in [-0.4, -0.2) is 41.7 Å². The van der Waals surface area contributed by atoms with Crippen molar-refractivity contribution in [1.82, 2.24) is 10.2 Å². The summed E-state index contributed by atoms with van der Waals surface area (Å²) in [6.07, 6.45) is 0.553. The van der Waals surface area contributed by atoms with Crippen molar-refractivity contribution in [2.24, 2.45) is 4.99 Å². The number of aliphatic hydroxyl groups is 1. The van der Waals surface area contributed by atoms with Gasteiger partial charge in [-0.25, -0.2) is 4.99 Å². The summed E-state index contributed by atoms with van der Waals surface area (Å²) in [5.41, 5.74) is 2.29. The van der Waals surface area contributed by atoms with E-state index >= 15 is 0 Å². The summed E-state index contributed by atoms with van der Waals surface area (Å²) >= 11 is 0. The van der Waals surface area contributed by atoms with Crippen LogP contribution in [0.15, 0.2) is 59.6 Å². The van der Waals surface area contributed by atoms with Crippen molar-refractivity contribution in [3.05, 3.63) is 65.7 Å². The molecule has 0 amide bonds. The Morgan fingerprint density at radius 3 is 2.58 bits per heavy atom.